The Bertz CT molecular complexity index is 1300. The van der Waals surface area contributed by atoms with Crippen LogP contribution in [-0.4, -0.2) is 35.4 Å². The van der Waals surface area contributed by atoms with Crippen LogP contribution < -0.4 is 20.3 Å². The van der Waals surface area contributed by atoms with Crippen LogP contribution in [0.5, 0.6) is 11.5 Å². The van der Waals surface area contributed by atoms with E-state index in [4.69, 9.17) is 9.47 Å². The van der Waals surface area contributed by atoms with Crippen LogP contribution >= 0.6 is 23.1 Å². The molecule has 0 saturated heterocycles. The molecule has 0 unspecified atom stereocenters. The quantitative estimate of drug-likeness (QED) is 0.308. The lowest BCUT2D eigenvalue weighted by atomic mass is 10.2. The molecule has 0 saturated carbocycles. The van der Waals surface area contributed by atoms with Gasteiger partial charge in [0.15, 0.2) is 5.16 Å². The van der Waals surface area contributed by atoms with Gasteiger partial charge in [0.2, 0.25) is 5.91 Å². The summed E-state index contributed by atoms with van der Waals surface area (Å²) in [6, 6.07) is 16.6. The van der Waals surface area contributed by atoms with E-state index in [9.17, 15) is 9.59 Å². The molecule has 0 aliphatic rings. The number of anilines is 1. The molecule has 4 aromatic rings. The van der Waals surface area contributed by atoms with Crippen molar-refractivity contribution in [2.45, 2.75) is 11.7 Å². The lowest BCUT2D eigenvalue weighted by molar-refractivity contribution is -0.113. The number of methoxy groups -OCH3 is 2. The molecule has 164 valence electrons. The summed E-state index contributed by atoms with van der Waals surface area (Å²) in [6.45, 7) is 0.347. The number of nitrogens with one attached hydrogen (secondary N) is 1. The number of benzene rings is 2. The first-order valence-corrected chi connectivity index (χ1v) is 11.6. The second-order valence-electron chi connectivity index (χ2n) is 6.81. The van der Waals surface area contributed by atoms with E-state index >= 15 is 0 Å². The smallest absolute Gasteiger partial charge is 0.272 e. The Morgan fingerprint density at radius 3 is 2.62 bits per heavy atom. The predicted molar refractivity (Wildman–Crippen MR) is 128 cm³/mol. The second-order valence-corrected chi connectivity index (χ2v) is 8.66. The normalized spacial score (nSPS) is 10.8. The van der Waals surface area contributed by atoms with Crippen LogP contribution in [-0.2, 0) is 11.3 Å². The Labute approximate surface area is 193 Å². The summed E-state index contributed by atoms with van der Waals surface area (Å²) < 4.78 is 12.7. The van der Waals surface area contributed by atoms with Crippen molar-refractivity contribution in [3.05, 3.63) is 75.9 Å². The molecule has 4 rings (SSSR count). The Balaban J connectivity index is 1.57. The van der Waals surface area contributed by atoms with Gasteiger partial charge in [-0.2, -0.15) is 0 Å². The van der Waals surface area contributed by atoms with Gasteiger partial charge in [0.25, 0.3) is 5.56 Å². The van der Waals surface area contributed by atoms with E-state index in [1.165, 1.54) is 23.1 Å². The SMILES string of the molecule is COc1ccc(Cn2c(SCC(=O)Nc3ccccc3OC)nc3ccsc3c2=O)cc1. The van der Waals surface area contributed by atoms with E-state index in [0.29, 0.717) is 33.4 Å². The van der Waals surface area contributed by atoms with Gasteiger partial charge in [0, 0.05) is 0 Å². The van der Waals surface area contributed by atoms with E-state index < -0.39 is 0 Å². The number of carbonyl (C=O) groups excluding carboxylic acids is 1. The molecule has 1 N–H and O–H groups in total. The summed E-state index contributed by atoms with van der Waals surface area (Å²) in [5, 5.41) is 5.19. The van der Waals surface area contributed by atoms with Crippen molar-refractivity contribution < 1.29 is 14.3 Å². The third-order valence-electron chi connectivity index (χ3n) is 4.74. The molecule has 0 aliphatic carbocycles. The number of hydrogen-bond donors (Lipinski definition) is 1. The highest BCUT2D eigenvalue weighted by Gasteiger charge is 2.15. The summed E-state index contributed by atoms with van der Waals surface area (Å²) in [5.74, 6) is 1.22. The highest BCUT2D eigenvalue weighted by atomic mass is 32.2. The zero-order valence-electron chi connectivity index (χ0n) is 17.5. The molecular formula is C23H21N3O4S2. The Hall–Kier alpha value is -3.30. The van der Waals surface area contributed by atoms with Crippen molar-refractivity contribution in [2.24, 2.45) is 0 Å². The maximum Gasteiger partial charge on any atom is 0.272 e. The summed E-state index contributed by atoms with van der Waals surface area (Å²) in [7, 11) is 3.16. The Kier molecular flexibility index (Phi) is 6.77. The first-order chi connectivity index (χ1) is 15.6. The molecule has 7 nitrogen and oxygen atoms in total. The van der Waals surface area contributed by atoms with Gasteiger partial charge in [-0.1, -0.05) is 36.0 Å². The fourth-order valence-corrected chi connectivity index (χ4v) is 4.73. The van der Waals surface area contributed by atoms with Crippen molar-refractivity contribution in [3.63, 3.8) is 0 Å². The van der Waals surface area contributed by atoms with Gasteiger partial charge < -0.3 is 14.8 Å². The van der Waals surface area contributed by atoms with Crippen LogP contribution in [0.3, 0.4) is 0 Å². The standard InChI is InChI=1S/C23H21N3O4S2/c1-29-16-9-7-15(8-10-16)13-26-22(28)21-18(11-12-31-21)25-23(26)32-14-20(27)24-17-5-3-4-6-19(17)30-2/h3-12H,13-14H2,1-2H3,(H,24,27). The van der Waals surface area contributed by atoms with Crippen LogP contribution in [0.4, 0.5) is 5.69 Å². The molecule has 0 spiro atoms. The van der Waals surface area contributed by atoms with E-state index in [2.05, 4.69) is 10.3 Å². The number of hydrogen-bond acceptors (Lipinski definition) is 7. The first-order valence-electron chi connectivity index (χ1n) is 9.75. The monoisotopic (exact) mass is 467 g/mol. The molecule has 0 fully saturated rings. The van der Waals surface area contributed by atoms with Crippen LogP contribution in [0.1, 0.15) is 5.56 Å². The number of ether oxygens (including phenoxy) is 2. The predicted octanol–water partition coefficient (Wildman–Crippen LogP) is 4.25. The number of para-hydroxylation sites is 2. The summed E-state index contributed by atoms with van der Waals surface area (Å²) >= 11 is 2.59. The van der Waals surface area contributed by atoms with Crippen molar-refractivity contribution in [3.8, 4) is 11.5 Å². The molecule has 9 heteroatoms. The molecular weight excluding hydrogens is 446 g/mol. The first kappa shape index (κ1) is 21.9. The number of aromatic nitrogens is 2. The fraction of sp³-hybridized carbons (Fsp3) is 0.174. The van der Waals surface area contributed by atoms with Gasteiger partial charge in [0.1, 0.15) is 16.2 Å². The van der Waals surface area contributed by atoms with E-state index in [0.717, 1.165) is 11.3 Å². The topological polar surface area (TPSA) is 82.4 Å². The maximum absolute atomic E-state index is 13.1. The third-order valence-corrected chi connectivity index (χ3v) is 6.61. The fourth-order valence-electron chi connectivity index (χ4n) is 3.15. The molecule has 32 heavy (non-hydrogen) atoms. The van der Waals surface area contributed by atoms with Gasteiger partial charge >= 0.3 is 0 Å². The summed E-state index contributed by atoms with van der Waals surface area (Å²) in [4.78, 5) is 30.4. The summed E-state index contributed by atoms with van der Waals surface area (Å²) in [6.07, 6.45) is 0. The minimum absolute atomic E-state index is 0.0999. The molecule has 2 heterocycles. The number of thioether (sulfide) groups is 1. The number of carbonyl (C=O) groups is 1. The third kappa shape index (κ3) is 4.79. The van der Waals surface area contributed by atoms with Crippen molar-refractivity contribution in [2.75, 3.05) is 25.3 Å². The molecule has 0 aliphatic heterocycles. The highest BCUT2D eigenvalue weighted by molar-refractivity contribution is 7.99. The Morgan fingerprint density at radius 1 is 1.09 bits per heavy atom. The molecule has 1 amide bonds. The van der Waals surface area contributed by atoms with Gasteiger partial charge in [-0.3, -0.25) is 14.2 Å². The lowest BCUT2D eigenvalue weighted by Crippen LogP contribution is -2.24. The van der Waals surface area contributed by atoms with Crippen LogP contribution in [0, 0.1) is 0 Å². The second kappa shape index (κ2) is 9.88. The van der Waals surface area contributed by atoms with Crippen molar-refractivity contribution >= 4 is 44.9 Å². The highest BCUT2D eigenvalue weighted by Crippen LogP contribution is 2.25. The van der Waals surface area contributed by atoms with Crippen LogP contribution in [0.15, 0.2) is 69.9 Å². The van der Waals surface area contributed by atoms with Gasteiger partial charge in [-0.15, -0.1) is 11.3 Å². The molecule has 2 aromatic heterocycles. The molecule has 2 aromatic carbocycles. The van der Waals surface area contributed by atoms with E-state index in [1.807, 2.05) is 47.8 Å². The number of amides is 1. The van der Waals surface area contributed by atoms with Crippen molar-refractivity contribution in [1.29, 1.82) is 0 Å². The zero-order valence-corrected chi connectivity index (χ0v) is 19.2. The van der Waals surface area contributed by atoms with E-state index in [-0.39, 0.29) is 17.2 Å². The van der Waals surface area contributed by atoms with Gasteiger partial charge in [-0.05, 0) is 41.3 Å². The Morgan fingerprint density at radius 2 is 1.88 bits per heavy atom. The number of fused-ring (bicyclic) bond motifs is 1. The number of thiophene rings is 1. The average molecular weight is 468 g/mol. The lowest BCUT2D eigenvalue weighted by Gasteiger charge is -2.13. The van der Waals surface area contributed by atoms with Gasteiger partial charge in [0.05, 0.1) is 37.7 Å². The average Bonchev–Trinajstić information content (AvgIpc) is 3.29. The van der Waals surface area contributed by atoms with Crippen molar-refractivity contribution in [1.82, 2.24) is 9.55 Å². The largest absolute Gasteiger partial charge is 0.497 e. The zero-order chi connectivity index (χ0) is 22.5. The number of nitrogens with zero attached hydrogens (tertiary/aromatic N) is 2. The maximum atomic E-state index is 13.1. The molecule has 0 bridgehead atoms. The minimum Gasteiger partial charge on any atom is -0.497 e. The molecule has 0 radical (unpaired) electrons. The number of rotatable bonds is 8. The van der Waals surface area contributed by atoms with Crippen LogP contribution in [0.2, 0.25) is 0 Å². The molecule has 0 atom stereocenters. The van der Waals surface area contributed by atoms with Crippen LogP contribution in [0.25, 0.3) is 10.2 Å². The minimum atomic E-state index is -0.213. The van der Waals surface area contributed by atoms with Gasteiger partial charge in [-0.25, -0.2) is 4.98 Å². The summed E-state index contributed by atoms with van der Waals surface area (Å²) in [5.41, 5.74) is 2.05. The van der Waals surface area contributed by atoms with E-state index in [1.54, 1.807) is 30.9 Å².